The molecule has 0 spiro atoms. The van der Waals surface area contributed by atoms with Crippen LogP contribution < -0.4 is 0 Å². The van der Waals surface area contributed by atoms with Crippen molar-refractivity contribution in [2.75, 3.05) is 0 Å². The molecule has 0 aliphatic carbocycles. The molecule has 0 aliphatic heterocycles. The van der Waals surface area contributed by atoms with Crippen LogP contribution in [-0.4, -0.2) is 14.5 Å². The number of alkyl halides is 1. The van der Waals surface area contributed by atoms with Gasteiger partial charge in [0.2, 0.25) is 0 Å². The monoisotopic (exact) mass is 353 g/mol. The van der Waals surface area contributed by atoms with Gasteiger partial charge in [-0.2, -0.15) is 0 Å². The smallest absolute Gasteiger partial charge is 0.164 e. The van der Waals surface area contributed by atoms with E-state index in [-0.39, 0.29) is 11.7 Å². The van der Waals surface area contributed by atoms with E-state index < -0.39 is 0 Å². The first-order valence-electron chi connectivity index (χ1n) is 5.96. The van der Waals surface area contributed by atoms with Crippen LogP contribution in [-0.2, 0) is 5.88 Å². The number of fused-ring (bicyclic) bond motifs is 1. The highest BCUT2D eigenvalue weighted by molar-refractivity contribution is 9.10. The summed E-state index contributed by atoms with van der Waals surface area (Å²) in [7, 11) is 0. The molecule has 2 aromatic heterocycles. The van der Waals surface area contributed by atoms with Crippen molar-refractivity contribution in [2.24, 2.45) is 0 Å². The van der Waals surface area contributed by atoms with Gasteiger partial charge in [0, 0.05) is 6.20 Å². The average Bonchev–Trinajstić information content (AvgIpc) is 2.82. The number of pyridine rings is 1. The molecule has 3 aromatic rings. The van der Waals surface area contributed by atoms with Gasteiger partial charge < -0.3 is 0 Å². The van der Waals surface area contributed by atoms with Crippen molar-refractivity contribution in [3.8, 4) is 5.69 Å². The number of halogens is 3. The highest BCUT2D eigenvalue weighted by atomic mass is 79.9. The molecule has 0 fully saturated rings. The number of imidazole rings is 1. The Labute approximate surface area is 128 Å². The van der Waals surface area contributed by atoms with Crippen molar-refractivity contribution in [2.45, 2.75) is 12.8 Å². The van der Waals surface area contributed by atoms with Crippen LogP contribution in [0.2, 0.25) is 0 Å². The summed E-state index contributed by atoms with van der Waals surface area (Å²) in [5.41, 5.74) is 3.33. The van der Waals surface area contributed by atoms with Gasteiger partial charge in [0.05, 0.1) is 16.0 Å². The van der Waals surface area contributed by atoms with Gasteiger partial charge in [-0.15, -0.1) is 11.6 Å². The van der Waals surface area contributed by atoms with Gasteiger partial charge in [0.15, 0.2) is 5.65 Å². The molecule has 0 saturated carbocycles. The van der Waals surface area contributed by atoms with Crippen molar-refractivity contribution in [3.63, 3.8) is 0 Å². The molecule has 0 radical (unpaired) electrons. The molecular formula is C14H10BrClFN3. The molecule has 2 heterocycles. The SMILES string of the molecule is Cc1ccnc2c1nc(CCl)n2-c1ccc(F)c(Br)c1. The molecule has 0 saturated heterocycles. The van der Waals surface area contributed by atoms with E-state index in [4.69, 9.17) is 11.6 Å². The van der Waals surface area contributed by atoms with E-state index in [1.807, 2.05) is 17.6 Å². The largest absolute Gasteiger partial charge is 0.280 e. The normalized spacial score (nSPS) is 11.2. The maximum atomic E-state index is 13.4. The molecule has 0 N–H and O–H groups in total. The van der Waals surface area contributed by atoms with E-state index in [1.165, 1.54) is 6.07 Å². The third-order valence-corrected chi connectivity index (χ3v) is 3.95. The van der Waals surface area contributed by atoms with Crippen LogP contribution in [0.1, 0.15) is 11.4 Å². The van der Waals surface area contributed by atoms with Gasteiger partial charge in [-0.3, -0.25) is 4.57 Å². The van der Waals surface area contributed by atoms with Gasteiger partial charge in [-0.1, -0.05) is 0 Å². The third-order valence-electron chi connectivity index (χ3n) is 3.10. The predicted molar refractivity (Wildman–Crippen MR) is 80.8 cm³/mol. The summed E-state index contributed by atoms with van der Waals surface area (Å²) in [6.45, 7) is 1.97. The average molecular weight is 355 g/mol. The molecule has 0 atom stereocenters. The summed E-state index contributed by atoms with van der Waals surface area (Å²) in [6, 6.07) is 6.68. The fourth-order valence-corrected chi connectivity index (χ4v) is 2.67. The minimum atomic E-state index is -0.310. The lowest BCUT2D eigenvalue weighted by Crippen LogP contribution is -2.00. The van der Waals surface area contributed by atoms with Gasteiger partial charge >= 0.3 is 0 Å². The van der Waals surface area contributed by atoms with Crippen LogP contribution in [0.5, 0.6) is 0 Å². The molecule has 0 unspecified atom stereocenters. The summed E-state index contributed by atoms with van der Waals surface area (Å²) in [6.07, 6.45) is 1.73. The lowest BCUT2D eigenvalue weighted by atomic mass is 10.2. The molecule has 1 aromatic carbocycles. The molecule has 3 rings (SSSR count). The fraction of sp³-hybridized carbons (Fsp3) is 0.143. The number of hydrogen-bond acceptors (Lipinski definition) is 2. The predicted octanol–water partition coefficient (Wildman–Crippen LogP) is 4.37. The van der Waals surface area contributed by atoms with Gasteiger partial charge in [0.25, 0.3) is 0 Å². The van der Waals surface area contributed by atoms with Crippen LogP contribution in [0.25, 0.3) is 16.9 Å². The second-order valence-electron chi connectivity index (χ2n) is 4.40. The highest BCUT2D eigenvalue weighted by Crippen LogP contribution is 2.26. The Morgan fingerprint density at radius 1 is 1.35 bits per heavy atom. The van der Waals surface area contributed by atoms with Crippen LogP contribution in [0.4, 0.5) is 4.39 Å². The number of rotatable bonds is 2. The fourth-order valence-electron chi connectivity index (χ4n) is 2.12. The Balaban J connectivity index is 2.34. The van der Waals surface area contributed by atoms with Crippen molar-refractivity contribution in [1.29, 1.82) is 0 Å². The summed E-state index contributed by atoms with van der Waals surface area (Å²) in [4.78, 5) is 8.89. The Kier molecular flexibility index (Phi) is 3.48. The maximum absolute atomic E-state index is 13.4. The zero-order valence-corrected chi connectivity index (χ0v) is 12.9. The van der Waals surface area contributed by atoms with E-state index in [0.29, 0.717) is 10.3 Å². The van der Waals surface area contributed by atoms with Gasteiger partial charge in [0.1, 0.15) is 17.2 Å². The van der Waals surface area contributed by atoms with Crippen LogP contribution in [0.15, 0.2) is 34.9 Å². The summed E-state index contributed by atoms with van der Waals surface area (Å²) in [5.74, 6) is 0.627. The maximum Gasteiger partial charge on any atom is 0.164 e. The second kappa shape index (κ2) is 5.14. The standard InChI is InChI=1S/C14H10BrClFN3/c1-8-4-5-18-14-13(8)19-12(7-16)20(14)9-2-3-11(17)10(15)6-9/h2-6H,7H2,1H3. The van der Waals surface area contributed by atoms with Crippen LogP contribution in [0.3, 0.4) is 0 Å². The number of aromatic nitrogens is 3. The van der Waals surface area contributed by atoms with E-state index >= 15 is 0 Å². The molecule has 102 valence electrons. The van der Waals surface area contributed by atoms with Crippen molar-refractivity contribution in [1.82, 2.24) is 14.5 Å². The number of aryl methyl sites for hydroxylation is 1. The first kappa shape index (κ1) is 13.5. The van der Waals surface area contributed by atoms with E-state index in [1.54, 1.807) is 18.3 Å². The summed E-state index contributed by atoms with van der Waals surface area (Å²) < 4.78 is 15.6. The summed E-state index contributed by atoms with van der Waals surface area (Å²) >= 11 is 9.17. The minimum absolute atomic E-state index is 0.255. The molecule has 0 aliphatic rings. The van der Waals surface area contributed by atoms with Crippen molar-refractivity contribution in [3.05, 3.63) is 52.1 Å². The second-order valence-corrected chi connectivity index (χ2v) is 5.52. The lowest BCUT2D eigenvalue weighted by molar-refractivity contribution is 0.620. The van der Waals surface area contributed by atoms with Crippen molar-refractivity contribution < 1.29 is 4.39 Å². The molecule has 3 nitrogen and oxygen atoms in total. The highest BCUT2D eigenvalue weighted by Gasteiger charge is 2.15. The lowest BCUT2D eigenvalue weighted by Gasteiger charge is -2.08. The first-order valence-corrected chi connectivity index (χ1v) is 7.29. The third kappa shape index (κ3) is 2.11. The van der Waals surface area contributed by atoms with Crippen LogP contribution >= 0.6 is 27.5 Å². The zero-order valence-electron chi connectivity index (χ0n) is 10.6. The Bertz CT molecular complexity index is 800. The zero-order chi connectivity index (χ0) is 14.3. The molecule has 0 bridgehead atoms. The Hall–Kier alpha value is -1.46. The van der Waals surface area contributed by atoms with Gasteiger partial charge in [-0.25, -0.2) is 14.4 Å². The number of nitrogens with zero attached hydrogens (tertiary/aromatic N) is 3. The Morgan fingerprint density at radius 3 is 2.85 bits per heavy atom. The topological polar surface area (TPSA) is 30.7 Å². The van der Waals surface area contributed by atoms with Crippen LogP contribution in [0, 0.1) is 12.7 Å². The molecule has 20 heavy (non-hydrogen) atoms. The van der Waals surface area contributed by atoms with Gasteiger partial charge in [-0.05, 0) is 52.7 Å². The van der Waals surface area contributed by atoms with Crippen molar-refractivity contribution >= 4 is 38.7 Å². The quantitative estimate of drug-likeness (QED) is 0.640. The molecular weight excluding hydrogens is 345 g/mol. The van der Waals surface area contributed by atoms with E-state index in [9.17, 15) is 4.39 Å². The number of hydrogen-bond donors (Lipinski definition) is 0. The number of benzene rings is 1. The van der Waals surface area contributed by atoms with E-state index in [0.717, 1.165) is 22.4 Å². The summed E-state index contributed by atoms with van der Waals surface area (Å²) in [5, 5.41) is 0. The minimum Gasteiger partial charge on any atom is -0.280 e. The Morgan fingerprint density at radius 2 is 2.15 bits per heavy atom. The van der Waals surface area contributed by atoms with E-state index in [2.05, 4.69) is 25.9 Å². The molecule has 0 amide bonds. The first-order chi connectivity index (χ1) is 9.61. The molecule has 6 heteroatoms.